The number of hydrogen-bond donors (Lipinski definition) is 2. The number of carbonyl (C=O) groups is 3. The molecule has 6 heteroatoms. The number of carboxylic acid groups (broad SMARTS) is 1. The highest BCUT2D eigenvalue weighted by Gasteiger charge is 2.37. The standard InChI is InChI=1S/C15H24N2O4/c18-13-9-11(15(21)16-8-7-14(19)20)10-17(13)12-5-3-1-2-4-6-12/h11-12H,1-10H2,(H,16,21)(H,19,20)/t11-/m0/s1. The molecule has 2 amide bonds. The lowest BCUT2D eigenvalue weighted by atomic mass is 10.1. The summed E-state index contributed by atoms with van der Waals surface area (Å²) in [5, 5.41) is 11.2. The van der Waals surface area contributed by atoms with Crippen molar-refractivity contribution in [2.24, 2.45) is 5.92 Å². The van der Waals surface area contributed by atoms with Crippen molar-refractivity contribution in [3.05, 3.63) is 0 Å². The number of carbonyl (C=O) groups excluding carboxylic acids is 2. The molecule has 0 unspecified atom stereocenters. The number of nitrogens with zero attached hydrogens (tertiary/aromatic N) is 1. The zero-order valence-electron chi connectivity index (χ0n) is 12.3. The van der Waals surface area contributed by atoms with E-state index in [1.165, 1.54) is 12.8 Å². The van der Waals surface area contributed by atoms with Gasteiger partial charge in [0, 0.05) is 25.6 Å². The van der Waals surface area contributed by atoms with Crippen LogP contribution >= 0.6 is 0 Å². The average molecular weight is 296 g/mol. The van der Waals surface area contributed by atoms with Crippen molar-refractivity contribution >= 4 is 17.8 Å². The first-order valence-corrected chi connectivity index (χ1v) is 7.87. The fourth-order valence-electron chi connectivity index (χ4n) is 3.27. The van der Waals surface area contributed by atoms with Crippen LogP contribution in [0.1, 0.15) is 51.4 Å². The molecule has 1 aliphatic heterocycles. The van der Waals surface area contributed by atoms with Crippen LogP contribution in [0.15, 0.2) is 0 Å². The lowest BCUT2D eigenvalue weighted by molar-refractivity contribution is -0.137. The van der Waals surface area contributed by atoms with E-state index in [4.69, 9.17) is 5.11 Å². The van der Waals surface area contributed by atoms with Gasteiger partial charge in [0.25, 0.3) is 0 Å². The molecule has 2 rings (SSSR count). The third kappa shape index (κ3) is 4.44. The first-order valence-electron chi connectivity index (χ1n) is 7.87. The number of aliphatic carboxylic acids is 1. The molecule has 0 aromatic carbocycles. The Bertz CT molecular complexity index is 402. The number of amides is 2. The van der Waals surface area contributed by atoms with E-state index < -0.39 is 5.97 Å². The van der Waals surface area contributed by atoms with Crippen LogP contribution in [0.25, 0.3) is 0 Å². The molecule has 0 radical (unpaired) electrons. The van der Waals surface area contributed by atoms with E-state index in [0.29, 0.717) is 6.54 Å². The Morgan fingerprint density at radius 3 is 2.48 bits per heavy atom. The molecule has 0 bridgehead atoms. The quantitative estimate of drug-likeness (QED) is 0.745. The summed E-state index contributed by atoms with van der Waals surface area (Å²) < 4.78 is 0. The summed E-state index contributed by atoms with van der Waals surface area (Å²) >= 11 is 0. The molecule has 1 heterocycles. The third-order valence-corrected chi connectivity index (χ3v) is 4.43. The first kappa shape index (κ1) is 15.8. The summed E-state index contributed by atoms with van der Waals surface area (Å²) in [6, 6.07) is 0.289. The molecular formula is C15H24N2O4. The van der Waals surface area contributed by atoms with Crippen LogP contribution in [-0.2, 0) is 14.4 Å². The molecule has 0 spiro atoms. The number of hydrogen-bond acceptors (Lipinski definition) is 3. The summed E-state index contributed by atoms with van der Waals surface area (Å²) in [5.74, 6) is -1.38. The smallest absolute Gasteiger partial charge is 0.305 e. The summed E-state index contributed by atoms with van der Waals surface area (Å²) in [7, 11) is 0. The van der Waals surface area contributed by atoms with E-state index in [0.717, 1.165) is 25.7 Å². The molecule has 1 aliphatic carbocycles. The van der Waals surface area contributed by atoms with Gasteiger partial charge in [-0.3, -0.25) is 14.4 Å². The molecule has 0 aromatic heterocycles. The number of carboxylic acids is 1. The Labute approximate surface area is 124 Å². The number of likely N-dealkylation sites (tertiary alicyclic amines) is 1. The molecule has 1 atom stereocenters. The van der Waals surface area contributed by atoms with Crippen molar-refractivity contribution in [2.45, 2.75) is 57.4 Å². The number of nitrogens with one attached hydrogen (secondary N) is 1. The molecular weight excluding hydrogens is 272 g/mol. The van der Waals surface area contributed by atoms with Crippen molar-refractivity contribution in [3.63, 3.8) is 0 Å². The predicted molar refractivity (Wildman–Crippen MR) is 76.6 cm³/mol. The summed E-state index contributed by atoms with van der Waals surface area (Å²) in [6.45, 7) is 0.616. The van der Waals surface area contributed by atoms with Crippen LogP contribution in [0.4, 0.5) is 0 Å². The van der Waals surface area contributed by atoms with E-state index >= 15 is 0 Å². The molecule has 0 aromatic rings. The zero-order valence-corrected chi connectivity index (χ0v) is 12.3. The second-order valence-corrected chi connectivity index (χ2v) is 6.03. The van der Waals surface area contributed by atoms with Crippen LogP contribution in [0.3, 0.4) is 0 Å². The molecule has 2 N–H and O–H groups in total. The maximum atomic E-state index is 12.1. The molecule has 1 saturated carbocycles. The maximum Gasteiger partial charge on any atom is 0.305 e. The second-order valence-electron chi connectivity index (χ2n) is 6.03. The van der Waals surface area contributed by atoms with Gasteiger partial charge in [0.2, 0.25) is 11.8 Å². The van der Waals surface area contributed by atoms with E-state index in [1.54, 1.807) is 0 Å². The summed E-state index contributed by atoms with van der Waals surface area (Å²) in [4.78, 5) is 36.4. The minimum absolute atomic E-state index is 0.0697. The Morgan fingerprint density at radius 1 is 1.19 bits per heavy atom. The highest BCUT2D eigenvalue weighted by atomic mass is 16.4. The van der Waals surface area contributed by atoms with Crippen LogP contribution in [0, 0.1) is 5.92 Å². The van der Waals surface area contributed by atoms with Crippen LogP contribution < -0.4 is 5.32 Å². The normalized spacial score (nSPS) is 23.9. The molecule has 6 nitrogen and oxygen atoms in total. The highest BCUT2D eigenvalue weighted by molar-refractivity contribution is 5.89. The van der Waals surface area contributed by atoms with Crippen molar-refractivity contribution in [2.75, 3.05) is 13.1 Å². The molecule has 118 valence electrons. The number of rotatable bonds is 5. The van der Waals surface area contributed by atoms with Gasteiger partial charge in [-0.1, -0.05) is 25.7 Å². The molecule has 2 fully saturated rings. The third-order valence-electron chi connectivity index (χ3n) is 4.43. The van der Waals surface area contributed by atoms with Gasteiger partial charge in [0.15, 0.2) is 0 Å². The van der Waals surface area contributed by atoms with E-state index in [9.17, 15) is 14.4 Å². The van der Waals surface area contributed by atoms with Gasteiger partial charge >= 0.3 is 5.97 Å². The lowest BCUT2D eigenvalue weighted by Crippen LogP contribution is -2.38. The topological polar surface area (TPSA) is 86.7 Å². The van der Waals surface area contributed by atoms with Gasteiger partial charge in [-0.25, -0.2) is 0 Å². The minimum atomic E-state index is -0.933. The Hall–Kier alpha value is -1.59. The van der Waals surface area contributed by atoms with Crippen molar-refractivity contribution < 1.29 is 19.5 Å². The first-order chi connectivity index (χ1) is 10.1. The second kappa shape index (κ2) is 7.43. The Kier molecular flexibility index (Phi) is 5.59. The Balaban J connectivity index is 1.83. The van der Waals surface area contributed by atoms with Crippen molar-refractivity contribution in [1.29, 1.82) is 0 Å². The predicted octanol–water partition coefficient (Wildman–Crippen LogP) is 1.15. The highest BCUT2D eigenvalue weighted by Crippen LogP contribution is 2.28. The van der Waals surface area contributed by atoms with Crippen LogP contribution in [0.5, 0.6) is 0 Å². The molecule has 2 aliphatic rings. The SMILES string of the molecule is O=C(O)CCNC(=O)[C@H]1CC(=O)N(C2CCCCCC2)C1. The van der Waals surface area contributed by atoms with Gasteiger partial charge in [0.05, 0.1) is 12.3 Å². The van der Waals surface area contributed by atoms with Gasteiger partial charge in [-0.05, 0) is 12.8 Å². The average Bonchev–Trinajstić information content (AvgIpc) is 2.65. The van der Waals surface area contributed by atoms with Gasteiger partial charge in [-0.2, -0.15) is 0 Å². The monoisotopic (exact) mass is 296 g/mol. The van der Waals surface area contributed by atoms with Crippen LogP contribution in [-0.4, -0.2) is 46.9 Å². The largest absolute Gasteiger partial charge is 0.481 e. The van der Waals surface area contributed by atoms with Crippen molar-refractivity contribution in [1.82, 2.24) is 10.2 Å². The van der Waals surface area contributed by atoms with Gasteiger partial charge < -0.3 is 15.3 Å². The van der Waals surface area contributed by atoms with Gasteiger partial charge in [0.1, 0.15) is 0 Å². The summed E-state index contributed by atoms with van der Waals surface area (Å²) in [6.07, 6.45) is 7.04. The fraction of sp³-hybridized carbons (Fsp3) is 0.800. The maximum absolute atomic E-state index is 12.1. The van der Waals surface area contributed by atoms with Gasteiger partial charge in [-0.15, -0.1) is 0 Å². The lowest BCUT2D eigenvalue weighted by Gasteiger charge is -2.27. The van der Waals surface area contributed by atoms with Crippen LogP contribution in [0.2, 0.25) is 0 Å². The Morgan fingerprint density at radius 2 is 1.86 bits per heavy atom. The summed E-state index contributed by atoms with van der Waals surface area (Å²) in [5.41, 5.74) is 0. The van der Waals surface area contributed by atoms with E-state index in [2.05, 4.69) is 5.32 Å². The molecule has 1 saturated heterocycles. The molecule has 21 heavy (non-hydrogen) atoms. The van der Waals surface area contributed by atoms with Crippen molar-refractivity contribution in [3.8, 4) is 0 Å². The van der Waals surface area contributed by atoms with E-state index in [1.807, 2.05) is 4.90 Å². The fourth-order valence-corrected chi connectivity index (χ4v) is 3.27. The van der Waals surface area contributed by atoms with E-state index in [-0.39, 0.29) is 43.2 Å². The zero-order chi connectivity index (χ0) is 15.2. The minimum Gasteiger partial charge on any atom is -0.481 e.